The van der Waals surface area contributed by atoms with Crippen LogP contribution in [0.2, 0.25) is 0 Å². The van der Waals surface area contributed by atoms with Crippen molar-refractivity contribution in [3.05, 3.63) is 57.4 Å². The molecule has 0 unspecified atom stereocenters. The number of benzene rings is 1. The highest BCUT2D eigenvalue weighted by molar-refractivity contribution is 5.81. The van der Waals surface area contributed by atoms with Crippen LogP contribution in [0.3, 0.4) is 0 Å². The molecular weight excluding hydrogens is 316 g/mol. The molecule has 2 aromatic rings. The first-order valence-electron chi connectivity index (χ1n) is 8.23. The van der Waals surface area contributed by atoms with E-state index < -0.39 is 0 Å². The number of nitrogens with one attached hydrogen (secondary N) is 1. The summed E-state index contributed by atoms with van der Waals surface area (Å²) in [5.74, 6) is -0.276. The quantitative estimate of drug-likeness (QED) is 0.849. The van der Waals surface area contributed by atoms with Crippen molar-refractivity contribution in [2.75, 3.05) is 0 Å². The normalized spacial score (nSPS) is 12.8. The number of carbonyl (C=O) groups excluding carboxylic acids is 1. The maximum atomic E-state index is 12.5. The number of aromatic nitrogens is 3. The molecule has 6 nitrogen and oxygen atoms in total. The van der Waals surface area contributed by atoms with Gasteiger partial charge in [0.1, 0.15) is 12.1 Å². The molecule has 0 fully saturated rings. The Bertz CT molecular complexity index is 905. The SMILES string of the molecule is CC(C)=C/C=C(\C)[C@H](C)NC(=O)Cn1nnc2cccc(C)c2c1=O. The molecule has 1 amide bonds. The van der Waals surface area contributed by atoms with E-state index in [1.54, 1.807) is 6.07 Å². The fraction of sp³-hybridized carbons (Fsp3) is 0.368. The van der Waals surface area contributed by atoms with Crippen LogP contribution in [0.5, 0.6) is 0 Å². The van der Waals surface area contributed by atoms with Gasteiger partial charge in [0, 0.05) is 6.04 Å². The summed E-state index contributed by atoms with van der Waals surface area (Å²) in [6.45, 7) is 9.57. The topological polar surface area (TPSA) is 76.9 Å². The van der Waals surface area contributed by atoms with Crippen molar-refractivity contribution in [2.24, 2.45) is 0 Å². The van der Waals surface area contributed by atoms with Gasteiger partial charge < -0.3 is 5.32 Å². The van der Waals surface area contributed by atoms with Gasteiger partial charge in [0.25, 0.3) is 5.56 Å². The highest BCUT2D eigenvalue weighted by Crippen LogP contribution is 2.10. The van der Waals surface area contributed by atoms with Crippen molar-refractivity contribution in [2.45, 2.75) is 47.2 Å². The summed E-state index contributed by atoms with van der Waals surface area (Å²) in [5, 5.41) is 11.3. The number of carbonyl (C=O) groups is 1. The van der Waals surface area contributed by atoms with Gasteiger partial charge in [-0.1, -0.05) is 40.6 Å². The lowest BCUT2D eigenvalue weighted by Gasteiger charge is -2.15. The van der Waals surface area contributed by atoms with Gasteiger partial charge in [0.05, 0.1) is 5.39 Å². The molecule has 6 heteroatoms. The zero-order valence-corrected chi connectivity index (χ0v) is 15.3. The van der Waals surface area contributed by atoms with Gasteiger partial charge >= 0.3 is 0 Å². The second-order valence-electron chi connectivity index (χ2n) is 6.47. The predicted octanol–water partition coefficient (Wildman–Crippen LogP) is 2.52. The van der Waals surface area contributed by atoms with Gasteiger partial charge in [-0.25, -0.2) is 4.68 Å². The Labute approximate surface area is 147 Å². The highest BCUT2D eigenvalue weighted by atomic mass is 16.2. The van der Waals surface area contributed by atoms with Crippen LogP contribution in [0.1, 0.15) is 33.3 Å². The predicted molar refractivity (Wildman–Crippen MR) is 99.3 cm³/mol. The number of hydrogen-bond acceptors (Lipinski definition) is 4. The zero-order chi connectivity index (χ0) is 18.6. The summed E-state index contributed by atoms with van der Waals surface area (Å²) in [4.78, 5) is 24.8. The van der Waals surface area contributed by atoms with Gasteiger partial charge in [-0.2, -0.15) is 0 Å². The molecule has 0 saturated carbocycles. The monoisotopic (exact) mass is 340 g/mol. The maximum absolute atomic E-state index is 12.5. The number of nitrogens with zero attached hydrogens (tertiary/aromatic N) is 3. The molecule has 0 aliphatic heterocycles. The molecule has 1 aromatic heterocycles. The number of fused-ring (bicyclic) bond motifs is 1. The third-order valence-corrected chi connectivity index (χ3v) is 3.99. The van der Waals surface area contributed by atoms with E-state index in [1.807, 2.05) is 58.9 Å². The van der Waals surface area contributed by atoms with Crippen LogP contribution in [0.4, 0.5) is 0 Å². The van der Waals surface area contributed by atoms with E-state index in [-0.39, 0.29) is 24.1 Å². The van der Waals surface area contributed by atoms with Crippen LogP contribution in [0, 0.1) is 6.92 Å². The molecule has 1 heterocycles. The van der Waals surface area contributed by atoms with Crippen LogP contribution >= 0.6 is 0 Å². The van der Waals surface area contributed by atoms with Gasteiger partial charge in [-0.05, 0) is 46.2 Å². The molecular formula is C19H24N4O2. The van der Waals surface area contributed by atoms with Crippen LogP contribution in [-0.4, -0.2) is 26.9 Å². The summed E-state index contributed by atoms with van der Waals surface area (Å²) in [6.07, 6.45) is 3.98. The molecule has 0 spiro atoms. The molecule has 0 aliphatic rings. The van der Waals surface area contributed by atoms with Crippen LogP contribution < -0.4 is 10.9 Å². The summed E-state index contributed by atoms with van der Waals surface area (Å²) in [5.41, 5.74) is 3.27. The van der Waals surface area contributed by atoms with E-state index in [2.05, 4.69) is 15.6 Å². The molecule has 0 bridgehead atoms. The lowest BCUT2D eigenvalue weighted by Crippen LogP contribution is -2.39. The summed E-state index contributed by atoms with van der Waals surface area (Å²) >= 11 is 0. The molecule has 132 valence electrons. The van der Waals surface area contributed by atoms with E-state index in [0.29, 0.717) is 10.9 Å². The lowest BCUT2D eigenvalue weighted by molar-refractivity contribution is -0.122. The first-order valence-corrected chi connectivity index (χ1v) is 8.23. The van der Waals surface area contributed by atoms with E-state index in [0.717, 1.165) is 15.8 Å². The van der Waals surface area contributed by atoms with Crippen molar-refractivity contribution in [3.63, 3.8) is 0 Å². The van der Waals surface area contributed by atoms with Gasteiger partial charge in [-0.3, -0.25) is 9.59 Å². The molecule has 2 rings (SSSR count). The molecule has 1 atom stereocenters. The highest BCUT2D eigenvalue weighted by Gasteiger charge is 2.13. The van der Waals surface area contributed by atoms with Gasteiger partial charge in [0.2, 0.25) is 5.91 Å². The van der Waals surface area contributed by atoms with Crippen molar-refractivity contribution in [1.29, 1.82) is 0 Å². The van der Waals surface area contributed by atoms with Crippen LogP contribution in [0.25, 0.3) is 10.9 Å². The number of aryl methyl sites for hydroxylation is 1. The van der Waals surface area contributed by atoms with E-state index in [4.69, 9.17) is 0 Å². The fourth-order valence-corrected chi connectivity index (χ4v) is 2.37. The molecule has 0 aliphatic carbocycles. The maximum Gasteiger partial charge on any atom is 0.278 e. The van der Waals surface area contributed by atoms with Crippen molar-refractivity contribution in [1.82, 2.24) is 20.3 Å². The number of amides is 1. The molecule has 25 heavy (non-hydrogen) atoms. The van der Waals surface area contributed by atoms with Crippen LogP contribution in [0.15, 0.2) is 46.3 Å². The Balaban J connectivity index is 2.16. The summed E-state index contributed by atoms with van der Waals surface area (Å²) in [6, 6.07) is 5.27. The Kier molecular flexibility index (Phi) is 5.85. The van der Waals surface area contributed by atoms with E-state index in [1.165, 1.54) is 5.57 Å². The van der Waals surface area contributed by atoms with E-state index in [9.17, 15) is 9.59 Å². The van der Waals surface area contributed by atoms with Gasteiger partial charge in [0.15, 0.2) is 0 Å². The number of hydrogen-bond donors (Lipinski definition) is 1. The zero-order valence-electron chi connectivity index (χ0n) is 15.3. The average Bonchev–Trinajstić information content (AvgIpc) is 2.55. The smallest absolute Gasteiger partial charge is 0.278 e. The van der Waals surface area contributed by atoms with Crippen molar-refractivity contribution >= 4 is 16.8 Å². The van der Waals surface area contributed by atoms with E-state index >= 15 is 0 Å². The van der Waals surface area contributed by atoms with Crippen molar-refractivity contribution < 1.29 is 4.79 Å². The van der Waals surface area contributed by atoms with Crippen molar-refractivity contribution in [3.8, 4) is 0 Å². The summed E-state index contributed by atoms with van der Waals surface area (Å²) < 4.78 is 1.10. The molecule has 0 radical (unpaired) electrons. The Morgan fingerprint density at radius 1 is 1.28 bits per heavy atom. The minimum absolute atomic E-state index is 0.131. The standard InChI is InChI=1S/C19H24N4O2/c1-12(2)9-10-13(3)15(5)20-17(24)11-23-19(25)18-14(4)7-6-8-16(18)21-22-23/h6-10,15H,11H2,1-5H3,(H,20,24)/b13-10+/t15-/m0/s1. The first-order chi connectivity index (χ1) is 11.8. The minimum atomic E-state index is -0.303. The van der Waals surface area contributed by atoms with Crippen LogP contribution in [-0.2, 0) is 11.3 Å². The fourth-order valence-electron chi connectivity index (χ4n) is 2.37. The first kappa shape index (κ1) is 18.6. The third-order valence-electron chi connectivity index (χ3n) is 3.99. The Hall–Kier alpha value is -2.76. The summed E-state index contributed by atoms with van der Waals surface area (Å²) in [7, 11) is 0. The molecule has 0 saturated heterocycles. The average molecular weight is 340 g/mol. The third kappa shape index (κ3) is 4.62. The molecule has 1 aromatic carbocycles. The number of allylic oxidation sites excluding steroid dienone is 3. The van der Waals surface area contributed by atoms with Gasteiger partial charge in [-0.15, -0.1) is 5.10 Å². The number of rotatable bonds is 5. The second-order valence-corrected chi connectivity index (χ2v) is 6.47. The largest absolute Gasteiger partial charge is 0.348 e. The molecule has 1 N–H and O–H groups in total. The minimum Gasteiger partial charge on any atom is -0.348 e. The lowest BCUT2D eigenvalue weighted by atomic mass is 10.1. The Morgan fingerprint density at radius 2 is 2.00 bits per heavy atom. The Morgan fingerprint density at radius 3 is 2.68 bits per heavy atom. The second kappa shape index (κ2) is 7.88.